The van der Waals surface area contributed by atoms with Gasteiger partial charge in [-0.2, -0.15) is 0 Å². The van der Waals surface area contributed by atoms with E-state index in [9.17, 15) is 9.90 Å². The molecule has 18 heavy (non-hydrogen) atoms. The van der Waals surface area contributed by atoms with Crippen LogP contribution >= 0.6 is 11.3 Å². The van der Waals surface area contributed by atoms with Crippen molar-refractivity contribution in [3.05, 3.63) is 34.7 Å². The van der Waals surface area contributed by atoms with E-state index in [0.29, 0.717) is 5.56 Å². The minimum atomic E-state index is -0.838. The van der Waals surface area contributed by atoms with Crippen LogP contribution in [0, 0.1) is 0 Å². The summed E-state index contributed by atoms with van der Waals surface area (Å²) in [6, 6.07) is 7.62. The number of hydrogen-bond donors (Lipinski definition) is 1. The molecule has 0 aliphatic carbocycles. The highest BCUT2D eigenvalue weighted by atomic mass is 32.1. The fraction of sp³-hybridized carbons (Fsp3) is 0.357. The summed E-state index contributed by atoms with van der Waals surface area (Å²) >= 11 is 1.62. The van der Waals surface area contributed by atoms with Gasteiger partial charge < -0.3 is 5.11 Å². The summed E-state index contributed by atoms with van der Waals surface area (Å²) < 4.78 is 0.902. The van der Waals surface area contributed by atoms with Crippen molar-refractivity contribution in [3.8, 4) is 0 Å². The predicted octanol–water partition coefficient (Wildman–Crippen LogP) is 3.20. The van der Waals surface area contributed by atoms with E-state index in [-0.39, 0.29) is 0 Å². The molecular formula is C14H15NO2S. The number of nitrogens with zero attached hydrogens (tertiary/aromatic N) is 1. The Kier molecular flexibility index (Phi) is 3.06. The molecule has 1 aliphatic rings. The monoisotopic (exact) mass is 261 g/mol. The molecule has 4 heteroatoms. The summed E-state index contributed by atoms with van der Waals surface area (Å²) in [5.74, 6) is -0.838. The topological polar surface area (TPSA) is 40.5 Å². The fourth-order valence-electron chi connectivity index (χ4n) is 2.52. The molecule has 1 N–H and O–H groups in total. The van der Waals surface area contributed by atoms with Crippen LogP contribution < -0.4 is 0 Å². The SMILES string of the molecule is O=C(O)c1cccc2cc(CN3CCCC3)sc12. The van der Waals surface area contributed by atoms with Crippen LogP contribution in [0.4, 0.5) is 0 Å². The summed E-state index contributed by atoms with van der Waals surface area (Å²) in [5.41, 5.74) is 0.421. The number of carbonyl (C=O) groups is 1. The number of likely N-dealkylation sites (tertiary alicyclic amines) is 1. The normalized spacial score (nSPS) is 16.4. The number of rotatable bonds is 3. The van der Waals surface area contributed by atoms with E-state index in [1.165, 1.54) is 30.8 Å². The highest BCUT2D eigenvalue weighted by Crippen LogP contribution is 2.30. The number of thiophene rings is 1. The smallest absolute Gasteiger partial charge is 0.337 e. The van der Waals surface area contributed by atoms with Crippen LogP contribution in [-0.4, -0.2) is 29.1 Å². The Hall–Kier alpha value is -1.39. The van der Waals surface area contributed by atoms with Gasteiger partial charge in [-0.15, -0.1) is 11.3 Å². The van der Waals surface area contributed by atoms with Gasteiger partial charge in [0.25, 0.3) is 0 Å². The molecule has 2 aromatic rings. The largest absolute Gasteiger partial charge is 0.478 e. The molecule has 1 aromatic heterocycles. The second kappa shape index (κ2) is 4.71. The van der Waals surface area contributed by atoms with Crippen molar-refractivity contribution in [2.24, 2.45) is 0 Å². The van der Waals surface area contributed by atoms with Crippen molar-refractivity contribution < 1.29 is 9.90 Å². The van der Waals surface area contributed by atoms with E-state index in [2.05, 4.69) is 11.0 Å². The van der Waals surface area contributed by atoms with Crippen molar-refractivity contribution in [3.63, 3.8) is 0 Å². The third-order valence-corrected chi connectivity index (χ3v) is 4.57. The maximum absolute atomic E-state index is 11.2. The number of carboxylic acid groups (broad SMARTS) is 1. The Morgan fingerprint density at radius 3 is 2.83 bits per heavy atom. The fourth-order valence-corrected chi connectivity index (χ4v) is 3.73. The van der Waals surface area contributed by atoms with Gasteiger partial charge in [0, 0.05) is 16.1 Å². The van der Waals surface area contributed by atoms with E-state index in [4.69, 9.17) is 0 Å². The summed E-state index contributed by atoms with van der Waals surface area (Å²) in [4.78, 5) is 14.9. The molecule has 3 rings (SSSR count). The lowest BCUT2D eigenvalue weighted by molar-refractivity contribution is 0.0699. The van der Waals surface area contributed by atoms with Crippen LogP contribution in [0.25, 0.3) is 10.1 Å². The van der Waals surface area contributed by atoms with E-state index in [1.54, 1.807) is 17.4 Å². The van der Waals surface area contributed by atoms with Gasteiger partial charge in [-0.25, -0.2) is 4.79 Å². The first-order chi connectivity index (χ1) is 8.74. The Morgan fingerprint density at radius 1 is 1.33 bits per heavy atom. The molecule has 0 saturated carbocycles. The first-order valence-corrected chi connectivity index (χ1v) is 7.03. The van der Waals surface area contributed by atoms with Crippen molar-refractivity contribution >= 4 is 27.4 Å². The number of fused-ring (bicyclic) bond motifs is 1. The van der Waals surface area contributed by atoms with Crippen LogP contribution in [-0.2, 0) is 6.54 Å². The lowest BCUT2D eigenvalue weighted by Gasteiger charge is -2.12. The van der Waals surface area contributed by atoms with Crippen LogP contribution in [0.3, 0.4) is 0 Å². The molecule has 0 amide bonds. The van der Waals surface area contributed by atoms with Crippen LogP contribution in [0.5, 0.6) is 0 Å². The van der Waals surface area contributed by atoms with Gasteiger partial charge >= 0.3 is 5.97 Å². The standard InChI is InChI=1S/C14H15NO2S/c16-14(17)12-5-3-4-10-8-11(18-13(10)12)9-15-6-1-2-7-15/h3-5,8H,1-2,6-7,9H2,(H,16,17). The average molecular weight is 261 g/mol. The van der Waals surface area contributed by atoms with E-state index in [0.717, 1.165) is 16.6 Å². The van der Waals surface area contributed by atoms with Gasteiger partial charge in [0.2, 0.25) is 0 Å². The predicted molar refractivity (Wildman–Crippen MR) is 73.3 cm³/mol. The van der Waals surface area contributed by atoms with Crippen molar-refractivity contribution in [1.29, 1.82) is 0 Å². The molecule has 1 aliphatic heterocycles. The quantitative estimate of drug-likeness (QED) is 0.922. The average Bonchev–Trinajstić information content (AvgIpc) is 2.96. The van der Waals surface area contributed by atoms with Crippen molar-refractivity contribution in [1.82, 2.24) is 4.90 Å². The lowest BCUT2D eigenvalue weighted by Crippen LogP contribution is -2.17. The first-order valence-electron chi connectivity index (χ1n) is 6.21. The third kappa shape index (κ3) is 2.13. The molecule has 1 saturated heterocycles. The Labute approximate surface area is 110 Å². The molecule has 1 aromatic carbocycles. The second-order valence-corrected chi connectivity index (χ2v) is 5.86. The zero-order valence-corrected chi connectivity index (χ0v) is 10.9. The Balaban J connectivity index is 1.94. The van der Waals surface area contributed by atoms with Crippen LogP contribution in [0.2, 0.25) is 0 Å². The van der Waals surface area contributed by atoms with Gasteiger partial charge in [-0.3, -0.25) is 4.90 Å². The molecule has 0 atom stereocenters. The maximum Gasteiger partial charge on any atom is 0.337 e. The molecular weight excluding hydrogens is 246 g/mol. The van der Waals surface area contributed by atoms with Crippen molar-refractivity contribution in [2.45, 2.75) is 19.4 Å². The van der Waals surface area contributed by atoms with Gasteiger partial charge in [-0.05, 0) is 43.5 Å². The summed E-state index contributed by atoms with van der Waals surface area (Å²) in [6.07, 6.45) is 2.57. The summed E-state index contributed by atoms with van der Waals surface area (Å²) in [7, 11) is 0. The summed E-state index contributed by atoms with van der Waals surface area (Å²) in [6.45, 7) is 3.29. The molecule has 0 unspecified atom stereocenters. The number of aromatic carboxylic acids is 1. The Bertz CT molecular complexity index is 584. The van der Waals surface area contributed by atoms with E-state index in [1.807, 2.05) is 12.1 Å². The zero-order valence-electron chi connectivity index (χ0n) is 10.1. The number of benzene rings is 1. The highest BCUT2D eigenvalue weighted by Gasteiger charge is 2.15. The lowest BCUT2D eigenvalue weighted by atomic mass is 10.1. The minimum absolute atomic E-state index is 0.421. The van der Waals surface area contributed by atoms with Crippen LogP contribution in [0.1, 0.15) is 28.1 Å². The molecule has 0 bridgehead atoms. The van der Waals surface area contributed by atoms with E-state index >= 15 is 0 Å². The molecule has 3 nitrogen and oxygen atoms in total. The zero-order chi connectivity index (χ0) is 12.5. The van der Waals surface area contributed by atoms with Gasteiger partial charge in [0.05, 0.1) is 5.56 Å². The minimum Gasteiger partial charge on any atom is -0.478 e. The molecule has 1 fully saturated rings. The second-order valence-electron chi connectivity index (χ2n) is 4.73. The molecule has 0 radical (unpaired) electrons. The number of hydrogen-bond acceptors (Lipinski definition) is 3. The summed E-state index contributed by atoms with van der Waals surface area (Å²) in [5, 5.41) is 10.2. The van der Waals surface area contributed by atoms with Gasteiger partial charge in [-0.1, -0.05) is 12.1 Å². The molecule has 0 spiro atoms. The first kappa shape index (κ1) is 11.7. The highest BCUT2D eigenvalue weighted by molar-refractivity contribution is 7.19. The molecule has 94 valence electrons. The van der Waals surface area contributed by atoms with E-state index < -0.39 is 5.97 Å². The van der Waals surface area contributed by atoms with Gasteiger partial charge in [0.1, 0.15) is 0 Å². The van der Waals surface area contributed by atoms with Crippen LogP contribution in [0.15, 0.2) is 24.3 Å². The third-order valence-electron chi connectivity index (χ3n) is 3.40. The maximum atomic E-state index is 11.2. The van der Waals surface area contributed by atoms with Gasteiger partial charge in [0.15, 0.2) is 0 Å². The Morgan fingerprint density at radius 2 is 2.11 bits per heavy atom. The number of carboxylic acids is 1. The van der Waals surface area contributed by atoms with Crippen molar-refractivity contribution in [2.75, 3.05) is 13.1 Å². The molecule has 2 heterocycles.